The molecule has 4 rings (SSSR count). The van der Waals surface area contributed by atoms with E-state index in [1.807, 2.05) is 0 Å². The van der Waals surface area contributed by atoms with Crippen molar-refractivity contribution in [3.05, 3.63) is 42.1 Å². The summed E-state index contributed by atoms with van der Waals surface area (Å²) in [6.07, 6.45) is 3.47. The van der Waals surface area contributed by atoms with Crippen molar-refractivity contribution in [3.63, 3.8) is 0 Å². The molecule has 1 aliphatic carbocycles. The van der Waals surface area contributed by atoms with Crippen LogP contribution in [0.1, 0.15) is 25.8 Å². The molecule has 1 saturated carbocycles. The number of rotatable bonds is 2. The molecular weight excluding hydrogens is 232 g/mol. The first-order valence-corrected chi connectivity index (χ1v) is 7.28. The van der Waals surface area contributed by atoms with Crippen LogP contribution in [-0.4, -0.2) is 29.0 Å². The smallest absolute Gasteiger partial charge is 0.0702 e. The summed E-state index contributed by atoms with van der Waals surface area (Å²) in [4.78, 5) is 7.26. The predicted octanol–water partition coefficient (Wildman–Crippen LogP) is 3.22. The van der Waals surface area contributed by atoms with Crippen LogP contribution in [0.2, 0.25) is 0 Å². The minimum absolute atomic E-state index is 0.418. The van der Waals surface area contributed by atoms with Gasteiger partial charge in [0.15, 0.2) is 0 Å². The van der Waals surface area contributed by atoms with Crippen LogP contribution in [0.3, 0.4) is 0 Å². The van der Waals surface area contributed by atoms with Crippen LogP contribution < -0.4 is 0 Å². The summed E-state index contributed by atoms with van der Waals surface area (Å²) in [7, 11) is 0. The number of para-hydroxylation sites is 1. The van der Waals surface area contributed by atoms with Gasteiger partial charge in [-0.3, -0.25) is 9.88 Å². The fraction of sp³-hybridized carbons (Fsp3) is 0.471. The lowest BCUT2D eigenvalue weighted by molar-refractivity contribution is 0.243. The summed E-state index contributed by atoms with van der Waals surface area (Å²) < 4.78 is 0. The van der Waals surface area contributed by atoms with Crippen molar-refractivity contribution < 1.29 is 0 Å². The van der Waals surface area contributed by atoms with Gasteiger partial charge in [0.1, 0.15) is 0 Å². The number of likely N-dealkylation sites (tertiary alicyclic amines) is 1. The lowest BCUT2D eigenvalue weighted by atomic mass is 9.95. The zero-order valence-electron chi connectivity index (χ0n) is 11.6. The fourth-order valence-corrected chi connectivity index (χ4v) is 3.71. The average Bonchev–Trinajstić information content (AvgIpc) is 3.00. The number of hydrogen-bond donors (Lipinski definition) is 0. The normalized spacial score (nSPS) is 29.9. The van der Waals surface area contributed by atoms with Crippen molar-refractivity contribution >= 4 is 10.9 Å². The van der Waals surface area contributed by atoms with Gasteiger partial charge in [-0.15, -0.1) is 0 Å². The third kappa shape index (κ3) is 1.63. The highest BCUT2D eigenvalue weighted by Gasteiger charge is 2.61. The lowest BCUT2D eigenvalue weighted by Crippen LogP contribution is -2.32. The zero-order chi connectivity index (χ0) is 13.0. The van der Waals surface area contributed by atoms with E-state index in [-0.39, 0.29) is 0 Å². The highest BCUT2D eigenvalue weighted by Crippen LogP contribution is 2.59. The maximum Gasteiger partial charge on any atom is 0.0702 e. The molecule has 2 aromatic rings. The Bertz CT molecular complexity index is 634. The summed E-state index contributed by atoms with van der Waals surface area (Å²) in [5, 5.41) is 1.28. The van der Waals surface area contributed by atoms with Crippen LogP contribution in [0.25, 0.3) is 10.9 Å². The van der Waals surface area contributed by atoms with E-state index in [0.717, 1.165) is 11.4 Å². The molecule has 1 aromatic heterocycles. The molecule has 2 unspecified atom stereocenters. The van der Waals surface area contributed by atoms with E-state index in [9.17, 15) is 0 Å². The van der Waals surface area contributed by atoms with E-state index in [2.05, 4.69) is 60.3 Å². The van der Waals surface area contributed by atoms with Crippen molar-refractivity contribution in [2.24, 2.45) is 5.92 Å². The van der Waals surface area contributed by atoms with Gasteiger partial charge in [-0.2, -0.15) is 0 Å². The van der Waals surface area contributed by atoms with Gasteiger partial charge in [-0.05, 0) is 43.9 Å². The van der Waals surface area contributed by atoms with Gasteiger partial charge in [0, 0.05) is 36.1 Å². The van der Waals surface area contributed by atoms with E-state index in [0.29, 0.717) is 11.5 Å². The molecule has 2 fully saturated rings. The third-order valence-electron chi connectivity index (χ3n) is 5.07. The monoisotopic (exact) mass is 252 g/mol. The highest BCUT2D eigenvalue weighted by atomic mass is 15.2. The Morgan fingerprint density at radius 3 is 2.95 bits per heavy atom. The van der Waals surface area contributed by atoms with Crippen molar-refractivity contribution in [3.8, 4) is 0 Å². The predicted molar refractivity (Wildman–Crippen MR) is 78.2 cm³/mol. The number of piperidine rings is 1. The van der Waals surface area contributed by atoms with E-state index in [4.69, 9.17) is 0 Å². The molecular formula is C17H20N2. The quantitative estimate of drug-likeness (QED) is 0.816. The molecule has 0 radical (unpaired) electrons. The molecule has 0 N–H and O–H groups in total. The van der Waals surface area contributed by atoms with Gasteiger partial charge in [0.05, 0.1) is 5.52 Å². The summed E-state index contributed by atoms with van der Waals surface area (Å²) in [6.45, 7) is 7.09. The Morgan fingerprint density at radius 2 is 2.16 bits per heavy atom. The van der Waals surface area contributed by atoms with E-state index in [1.165, 1.54) is 30.5 Å². The van der Waals surface area contributed by atoms with Crippen LogP contribution >= 0.6 is 0 Å². The average molecular weight is 252 g/mol. The van der Waals surface area contributed by atoms with Crippen molar-refractivity contribution in [1.82, 2.24) is 9.88 Å². The molecule has 1 saturated heterocycles. The molecule has 0 bridgehead atoms. The second-order valence-electron chi connectivity index (χ2n) is 6.50. The van der Waals surface area contributed by atoms with Gasteiger partial charge >= 0.3 is 0 Å². The minimum Gasteiger partial charge on any atom is -0.300 e. The standard InChI is InChI=1S/C17H20N2/c1-12(2)19-10-15-8-17(15,11-19)14-7-13-5-3-4-6-16(13)18-9-14/h3-7,9,12,15H,8,10-11H2,1-2H3. The van der Waals surface area contributed by atoms with Gasteiger partial charge in [-0.25, -0.2) is 0 Å². The molecule has 0 amide bonds. The van der Waals surface area contributed by atoms with Gasteiger partial charge < -0.3 is 0 Å². The van der Waals surface area contributed by atoms with Crippen LogP contribution in [0.4, 0.5) is 0 Å². The van der Waals surface area contributed by atoms with Gasteiger partial charge in [-0.1, -0.05) is 18.2 Å². The maximum atomic E-state index is 4.65. The van der Waals surface area contributed by atoms with Crippen LogP contribution in [0.15, 0.2) is 36.5 Å². The first-order valence-electron chi connectivity index (χ1n) is 7.28. The Morgan fingerprint density at radius 1 is 1.32 bits per heavy atom. The Kier molecular flexibility index (Phi) is 2.28. The molecule has 2 heterocycles. The van der Waals surface area contributed by atoms with Gasteiger partial charge in [0.25, 0.3) is 0 Å². The molecule has 2 nitrogen and oxygen atoms in total. The number of benzene rings is 1. The summed E-state index contributed by atoms with van der Waals surface area (Å²) in [5.74, 6) is 0.859. The lowest BCUT2D eigenvalue weighted by Gasteiger charge is -2.24. The third-order valence-corrected chi connectivity index (χ3v) is 5.07. The Hall–Kier alpha value is -1.41. The number of nitrogens with zero attached hydrogens (tertiary/aromatic N) is 2. The van der Waals surface area contributed by atoms with Crippen LogP contribution in [-0.2, 0) is 5.41 Å². The van der Waals surface area contributed by atoms with Crippen LogP contribution in [0.5, 0.6) is 0 Å². The zero-order valence-corrected chi connectivity index (χ0v) is 11.6. The minimum atomic E-state index is 0.418. The highest BCUT2D eigenvalue weighted by molar-refractivity contribution is 5.79. The molecule has 1 aromatic carbocycles. The molecule has 2 aliphatic rings. The first-order chi connectivity index (χ1) is 9.19. The van der Waals surface area contributed by atoms with Crippen molar-refractivity contribution in [1.29, 1.82) is 0 Å². The number of pyridine rings is 1. The second-order valence-corrected chi connectivity index (χ2v) is 6.50. The van der Waals surface area contributed by atoms with Crippen molar-refractivity contribution in [2.45, 2.75) is 31.7 Å². The Balaban J connectivity index is 1.72. The topological polar surface area (TPSA) is 16.1 Å². The number of hydrogen-bond acceptors (Lipinski definition) is 2. The van der Waals surface area contributed by atoms with Gasteiger partial charge in [0.2, 0.25) is 0 Å². The van der Waals surface area contributed by atoms with E-state index >= 15 is 0 Å². The van der Waals surface area contributed by atoms with E-state index < -0.39 is 0 Å². The summed E-state index contributed by atoms with van der Waals surface area (Å²) >= 11 is 0. The van der Waals surface area contributed by atoms with E-state index in [1.54, 1.807) is 0 Å². The molecule has 19 heavy (non-hydrogen) atoms. The van der Waals surface area contributed by atoms with Crippen LogP contribution in [0, 0.1) is 5.92 Å². The summed E-state index contributed by atoms with van der Waals surface area (Å²) in [5.41, 5.74) is 2.99. The molecule has 2 heteroatoms. The Labute approximate surface area is 114 Å². The summed E-state index contributed by atoms with van der Waals surface area (Å²) in [6, 6.07) is 11.5. The molecule has 0 spiro atoms. The second kappa shape index (κ2) is 3.80. The van der Waals surface area contributed by atoms with Crippen molar-refractivity contribution in [2.75, 3.05) is 13.1 Å². The molecule has 98 valence electrons. The number of fused-ring (bicyclic) bond motifs is 2. The number of aromatic nitrogens is 1. The fourth-order valence-electron chi connectivity index (χ4n) is 3.71. The maximum absolute atomic E-state index is 4.65. The molecule has 2 atom stereocenters. The SMILES string of the molecule is CC(C)N1CC2CC2(c2cnc3ccccc3c2)C1. The largest absolute Gasteiger partial charge is 0.300 e. The first kappa shape index (κ1) is 11.4. The molecule has 1 aliphatic heterocycles.